The summed E-state index contributed by atoms with van der Waals surface area (Å²) in [6.07, 6.45) is 0.322. The molecule has 1 aromatic heterocycles. The number of ether oxygens (including phenoxy) is 1. The minimum atomic E-state index is -1.19. The molecule has 0 saturated carbocycles. The fourth-order valence-electron chi connectivity index (χ4n) is 3.20. The zero-order valence-corrected chi connectivity index (χ0v) is 16.8. The largest absolute Gasteiger partial charge is 0.467 e. The summed E-state index contributed by atoms with van der Waals surface area (Å²) in [7, 11) is 1.31. The van der Waals surface area contributed by atoms with Gasteiger partial charge in [-0.3, -0.25) is 4.79 Å². The van der Waals surface area contributed by atoms with Gasteiger partial charge >= 0.3 is 5.97 Å². The smallest absolute Gasteiger partial charge is 0.331 e. The van der Waals surface area contributed by atoms with Crippen LogP contribution < -0.4 is 5.32 Å². The SMILES string of the molecule is COC(=O)C(C)(Cc1ccccc1)NC(=O)Cc1nc(-c2ccccc2)oc1C. The van der Waals surface area contributed by atoms with Gasteiger partial charge in [0.2, 0.25) is 11.8 Å². The topological polar surface area (TPSA) is 81.4 Å². The van der Waals surface area contributed by atoms with Crippen molar-refractivity contribution in [2.45, 2.75) is 32.2 Å². The molecule has 3 rings (SSSR count). The second kappa shape index (κ2) is 8.73. The van der Waals surface area contributed by atoms with E-state index in [4.69, 9.17) is 9.15 Å². The Hall–Kier alpha value is -3.41. The lowest BCUT2D eigenvalue weighted by atomic mass is 9.92. The lowest BCUT2D eigenvalue weighted by Gasteiger charge is -2.28. The molecule has 0 aliphatic heterocycles. The highest BCUT2D eigenvalue weighted by molar-refractivity contribution is 5.88. The van der Waals surface area contributed by atoms with Gasteiger partial charge in [0.05, 0.1) is 19.2 Å². The number of carbonyl (C=O) groups is 2. The summed E-state index contributed by atoms with van der Waals surface area (Å²) >= 11 is 0. The molecule has 6 heteroatoms. The summed E-state index contributed by atoms with van der Waals surface area (Å²) in [5, 5.41) is 2.82. The van der Waals surface area contributed by atoms with E-state index < -0.39 is 11.5 Å². The van der Waals surface area contributed by atoms with Crippen LogP contribution in [-0.4, -0.2) is 29.5 Å². The molecule has 2 aromatic carbocycles. The van der Waals surface area contributed by atoms with Crippen LogP contribution in [0.5, 0.6) is 0 Å². The molecule has 0 aliphatic rings. The summed E-state index contributed by atoms with van der Waals surface area (Å²) in [6.45, 7) is 3.43. The minimum absolute atomic E-state index is 0.00351. The van der Waals surface area contributed by atoms with E-state index in [9.17, 15) is 9.59 Å². The molecule has 1 amide bonds. The van der Waals surface area contributed by atoms with E-state index in [0.717, 1.165) is 11.1 Å². The maximum atomic E-state index is 12.7. The number of hydrogen-bond donors (Lipinski definition) is 1. The highest BCUT2D eigenvalue weighted by Crippen LogP contribution is 2.22. The van der Waals surface area contributed by atoms with Crippen LogP contribution in [0.4, 0.5) is 0 Å². The van der Waals surface area contributed by atoms with Crippen molar-refractivity contribution in [2.24, 2.45) is 0 Å². The zero-order valence-electron chi connectivity index (χ0n) is 16.8. The molecule has 1 heterocycles. The molecule has 1 atom stereocenters. The first kappa shape index (κ1) is 20.3. The Morgan fingerprint density at radius 2 is 1.69 bits per heavy atom. The van der Waals surface area contributed by atoms with Crippen molar-refractivity contribution in [1.29, 1.82) is 0 Å². The van der Waals surface area contributed by atoms with E-state index in [1.54, 1.807) is 13.8 Å². The predicted octanol–water partition coefficient (Wildman–Crippen LogP) is 3.48. The average molecular weight is 392 g/mol. The van der Waals surface area contributed by atoms with Crippen molar-refractivity contribution in [3.63, 3.8) is 0 Å². The third kappa shape index (κ3) is 4.90. The van der Waals surface area contributed by atoms with Gasteiger partial charge in [-0.05, 0) is 31.5 Å². The minimum Gasteiger partial charge on any atom is -0.467 e. The molecule has 0 spiro atoms. The molecule has 0 saturated heterocycles. The highest BCUT2D eigenvalue weighted by atomic mass is 16.5. The van der Waals surface area contributed by atoms with E-state index in [-0.39, 0.29) is 12.3 Å². The van der Waals surface area contributed by atoms with E-state index in [0.29, 0.717) is 23.8 Å². The van der Waals surface area contributed by atoms with Gasteiger partial charge in [-0.25, -0.2) is 9.78 Å². The Labute approximate surface area is 169 Å². The number of rotatable bonds is 7. The molecule has 29 heavy (non-hydrogen) atoms. The van der Waals surface area contributed by atoms with Crippen molar-refractivity contribution < 1.29 is 18.7 Å². The Balaban J connectivity index is 1.75. The molecule has 3 aromatic rings. The molecule has 6 nitrogen and oxygen atoms in total. The maximum Gasteiger partial charge on any atom is 0.331 e. The number of aryl methyl sites for hydroxylation is 1. The van der Waals surface area contributed by atoms with Gasteiger partial charge in [-0.2, -0.15) is 0 Å². The van der Waals surface area contributed by atoms with Crippen LogP contribution in [0, 0.1) is 6.92 Å². The van der Waals surface area contributed by atoms with Crippen molar-refractivity contribution in [2.75, 3.05) is 7.11 Å². The first-order valence-electron chi connectivity index (χ1n) is 9.36. The molecule has 1 N–H and O–H groups in total. The third-order valence-corrected chi connectivity index (χ3v) is 4.69. The Morgan fingerprint density at radius 3 is 2.31 bits per heavy atom. The molecule has 0 fully saturated rings. The molecular formula is C23H24N2O4. The number of amides is 1. The Kier molecular flexibility index (Phi) is 6.12. The molecule has 0 bridgehead atoms. The second-order valence-corrected chi connectivity index (χ2v) is 7.10. The number of hydrogen-bond acceptors (Lipinski definition) is 5. The number of esters is 1. The van der Waals surface area contributed by atoms with Crippen LogP contribution in [0.1, 0.15) is 23.9 Å². The fourth-order valence-corrected chi connectivity index (χ4v) is 3.20. The van der Waals surface area contributed by atoms with E-state index in [1.165, 1.54) is 7.11 Å². The van der Waals surface area contributed by atoms with Crippen LogP contribution in [0.2, 0.25) is 0 Å². The van der Waals surface area contributed by atoms with Crippen LogP contribution in [0.25, 0.3) is 11.5 Å². The van der Waals surface area contributed by atoms with Gasteiger partial charge in [0.15, 0.2) is 0 Å². The van der Waals surface area contributed by atoms with Gasteiger partial charge in [-0.1, -0.05) is 48.5 Å². The van der Waals surface area contributed by atoms with Gasteiger partial charge in [-0.15, -0.1) is 0 Å². The first-order valence-corrected chi connectivity index (χ1v) is 9.36. The molecule has 1 unspecified atom stereocenters. The zero-order chi connectivity index (χ0) is 20.9. The standard InChI is InChI=1S/C23H24N2O4/c1-16-19(24-21(29-16)18-12-8-5-9-13-18)14-20(26)25-23(2,22(27)28-3)15-17-10-6-4-7-11-17/h4-13H,14-15H2,1-3H3,(H,25,26). The molecule has 150 valence electrons. The highest BCUT2D eigenvalue weighted by Gasteiger charge is 2.36. The maximum absolute atomic E-state index is 12.7. The number of aromatic nitrogens is 1. The number of nitrogens with zero attached hydrogens (tertiary/aromatic N) is 1. The molecular weight excluding hydrogens is 368 g/mol. The lowest BCUT2D eigenvalue weighted by molar-refractivity contribution is -0.150. The number of methoxy groups -OCH3 is 1. The van der Waals surface area contributed by atoms with Gasteiger partial charge < -0.3 is 14.5 Å². The van der Waals surface area contributed by atoms with Gasteiger partial charge in [0.1, 0.15) is 11.3 Å². The van der Waals surface area contributed by atoms with Gasteiger partial charge in [0, 0.05) is 12.0 Å². The van der Waals surface area contributed by atoms with E-state index in [1.807, 2.05) is 60.7 Å². The summed E-state index contributed by atoms with van der Waals surface area (Å²) < 4.78 is 10.6. The monoisotopic (exact) mass is 392 g/mol. The number of carbonyl (C=O) groups excluding carboxylic acids is 2. The molecule has 0 radical (unpaired) electrons. The van der Waals surface area contributed by atoms with Crippen molar-refractivity contribution >= 4 is 11.9 Å². The Morgan fingerprint density at radius 1 is 1.07 bits per heavy atom. The normalized spacial score (nSPS) is 12.8. The van der Waals surface area contributed by atoms with E-state index >= 15 is 0 Å². The molecule has 0 aliphatic carbocycles. The quantitative estimate of drug-likeness (QED) is 0.623. The van der Waals surface area contributed by atoms with Crippen LogP contribution in [-0.2, 0) is 27.2 Å². The Bertz CT molecular complexity index is 983. The number of nitrogens with one attached hydrogen (secondary N) is 1. The lowest BCUT2D eigenvalue weighted by Crippen LogP contribution is -2.54. The van der Waals surface area contributed by atoms with Crippen molar-refractivity contribution in [3.8, 4) is 11.5 Å². The second-order valence-electron chi connectivity index (χ2n) is 7.10. The summed E-state index contributed by atoms with van der Waals surface area (Å²) in [5.41, 5.74) is 1.11. The van der Waals surface area contributed by atoms with Gasteiger partial charge in [0.25, 0.3) is 0 Å². The van der Waals surface area contributed by atoms with E-state index in [2.05, 4.69) is 10.3 Å². The van der Waals surface area contributed by atoms with Crippen molar-refractivity contribution in [1.82, 2.24) is 10.3 Å². The third-order valence-electron chi connectivity index (χ3n) is 4.69. The van der Waals surface area contributed by atoms with Crippen LogP contribution >= 0.6 is 0 Å². The van der Waals surface area contributed by atoms with Crippen molar-refractivity contribution in [3.05, 3.63) is 77.7 Å². The number of benzene rings is 2. The fraction of sp³-hybridized carbons (Fsp3) is 0.261. The van der Waals surface area contributed by atoms with Crippen LogP contribution in [0.3, 0.4) is 0 Å². The van der Waals surface area contributed by atoms with Crippen LogP contribution in [0.15, 0.2) is 65.1 Å². The predicted molar refractivity (Wildman–Crippen MR) is 109 cm³/mol. The summed E-state index contributed by atoms with van der Waals surface area (Å²) in [5.74, 6) is 0.203. The number of oxazole rings is 1. The average Bonchev–Trinajstić information content (AvgIpc) is 3.08. The first-order chi connectivity index (χ1) is 13.9. The summed E-state index contributed by atoms with van der Waals surface area (Å²) in [4.78, 5) is 29.6. The summed E-state index contributed by atoms with van der Waals surface area (Å²) in [6, 6.07) is 19.0.